The molecule has 0 radical (unpaired) electrons. The lowest BCUT2D eigenvalue weighted by molar-refractivity contribution is -0.140. The molecule has 0 unspecified atom stereocenters. The zero-order chi connectivity index (χ0) is 11.9. The van der Waals surface area contributed by atoms with Crippen LogP contribution < -0.4 is 0 Å². The SMILES string of the molecule is O=S(=O)(F)c1ccc(F)cc1C(F)(F)F. The van der Waals surface area contributed by atoms with Crippen LogP contribution in [0.15, 0.2) is 23.1 Å². The van der Waals surface area contributed by atoms with Crippen molar-refractivity contribution in [1.29, 1.82) is 0 Å². The van der Waals surface area contributed by atoms with E-state index in [1.165, 1.54) is 0 Å². The Morgan fingerprint density at radius 3 is 2.07 bits per heavy atom. The molecule has 0 fully saturated rings. The van der Waals surface area contributed by atoms with Gasteiger partial charge in [0.15, 0.2) is 0 Å². The highest BCUT2D eigenvalue weighted by Crippen LogP contribution is 2.35. The first-order valence-electron chi connectivity index (χ1n) is 3.44. The topological polar surface area (TPSA) is 34.1 Å². The van der Waals surface area contributed by atoms with Gasteiger partial charge in [-0.1, -0.05) is 0 Å². The van der Waals surface area contributed by atoms with Crippen molar-refractivity contribution in [2.75, 3.05) is 0 Å². The maximum atomic E-state index is 12.4. The number of rotatable bonds is 1. The Kier molecular flexibility index (Phi) is 2.73. The third kappa shape index (κ3) is 2.65. The lowest BCUT2D eigenvalue weighted by Gasteiger charge is -2.09. The molecular formula is C7H3F5O2S. The zero-order valence-electron chi connectivity index (χ0n) is 6.85. The molecule has 0 aliphatic rings. The molecule has 0 aliphatic heterocycles. The molecule has 1 aromatic carbocycles. The van der Waals surface area contributed by atoms with Gasteiger partial charge in [0, 0.05) is 0 Å². The first-order valence-corrected chi connectivity index (χ1v) is 4.82. The highest BCUT2D eigenvalue weighted by Gasteiger charge is 2.37. The first kappa shape index (κ1) is 11.9. The summed E-state index contributed by atoms with van der Waals surface area (Å²) in [5.41, 5.74) is -1.86. The standard InChI is InChI=1S/C7H3F5O2S/c8-4-1-2-6(15(12,13)14)5(3-4)7(9,10)11/h1-3H. The minimum Gasteiger partial charge on any atom is -0.207 e. The van der Waals surface area contributed by atoms with Gasteiger partial charge in [0.1, 0.15) is 10.7 Å². The van der Waals surface area contributed by atoms with E-state index in [-0.39, 0.29) is 12.1 Å². The van der Waals surface area contributed by atoms with Crippen molar-refractivity contribution in [1.82, 2.24) is 0 Å². The van der Waals surface area contributed by atoms with Crippen LogP contribution in [0.4, 0.5) is 21.4 Å². The van der Waals surface area contributed by atoms with E-state index in [9.17, 15) is 29.9 Å². The van der Waals surface area contributed by atoms with Crippen LogP contribution in [-0.4, -0.2) is 8.42 Å². The van der Waals surface area contributed by atoms with Gasteiger partial charge in [0.2, 0.25) is 0 Å². The van der Waals surface area contributed by atoms with Crippen LogP contribution in [-0.2, 0) is 16.4 Å². The van der Waals surface area contributed by atoms with Crippen LogP contribution >= 0.6 is 0 Å². The molecule has 2 nitrogen and oxygen atoms in total. The Bertz CT molecular complexity index is 477. The number of hydrogen-bond acceptors (Lipinski definition) is 2. The van der Waals surface area contributed by atoms with E-state index in [1.807, 2.05) is 0 Å². The fourth-order valence-corrected chi connectivity index (χ4v) is 1.60. The van der Waals surface area contributed by atoms with Gasteiger partial charge < -0.3 is 0 Å². The van der Waals surface area contributed by atoms with Crippen molar-refractivity contribution in [3.8, 4) is 0 Å². The van der Waals surface area contributed by atoms with Gasteiger partial charge in [-0.2, -0.15) is 21.6 Å². The highest BCUT2D eigenvalue weighted by molar-refractivity contribution is 7.86. The van der Waals surface area contributed by atoms with E-state index < -0.39 is 32.7 Å². The Labute approximate surface area is 81.5 Å². The van der Waals surface area contributed by atoms with E-state index in [0.29, 0.717) is 6.07 Å². The molecule has 0 aliphatic carbocycles. The van der Waals surface area contributed by atoms with Crippen molar-refractivity contribution in [3.05, 3.63) is 29.6 Å². The highest BCUT2D eigenvalue weighted by atomic mass is 32.3. The van der Waals surface area contributed by atoms with Crippen LogP contribution in [0.25, 0.3) is 0 Å². The molecule has 8 heteroatoms. The molecule has 0 heterocycles. The average molecular weight is 246 g/mol. The molecule has 15 heavy (non-hydrogen) atoms. The molecular weight excluding hydrogens is 243 g/mol. The van der Waals surface area contributed by atoms with Crippen molar-refractivity contribution in [3.63, 3.8) is 0 Å². The lowest BCUT2D eigenvalue weighted by atomic mass is 10.2. The molecule has 1 rings (SSSR count). The van der Waals surface area contributed by atoms with Crippen molar-refractivity contribution < 1.29 is 29.9 Å². The first-order chi connectivity index (χ1) is 6.62. The molecule has 0 saturated heterocycles. The van der Waals surface area contributed by atoms with E-state index >= 15 is 0 Å². The smallest absolute Gasteiger partial charge is 0.207 e. The van der Waals surface area contributed by atoms with Gasteiger partial charge in [0.25, 0.3) is 0 Å². The van der Waals surface area contributed by atoms with Gasteiger partial charge >= 0.3 is 16.4 Å². The molecule has 1 aromatic rings. The van der Waals surface area contributed by atoms with Crippen LogP contribution in [0.3, 0.4) is 0 Å². The molecule has 0 atom stereocenters. The Morgan fingerprint density at radius 1 is 1.13 bits per heavy atom. The molecule has 0 bridgehead atoms. The van der Waals surface area contributed by atoms with E-state index in [4.69, 9.17) is 0 Å². The van der Waals surface area contributed by atoms with Crippen LogP contribution in [0, 0.1) is 5.82 Å². The number of hydrogen-bond donors (Lipinski definition) is 0. The molecule has 0 amide bonds. The number of alkyl halides is 3. The fraction of sp³-hybridized carbons (Fsp3) is 0.143. The zero-order valence-corrected chi connectivity index (χ0v) is 7.66. The maximum Gasteiger partial charge on any atom is 0.417 e. The third-order valence-electron chi connectivity index (χ3n) is 1.51. The Morgan fingerprint density at radius 2 is 1.67 bits per heavy atom. The second-order valence-electron chi connectivity index (χ2n) is 2.58. The van der Waals surface area contributed by atoms with E-state index in [1.54, 1.807) is 0 Å². The largest absolute Gasteiger partial charge is 0.417 e. The summed E-state index contributed by atoms with van der Waals surface area (Å²) >= 11 is 0. The van der Waals surface area contributed by atoms with E-state index in [2.05, 4.69) is 0 Å². The summed E-state index contributed by atoms with van der Waals surface area (Å²) in [5.74, 6) is -1.30. The van der Waals surface area contributed by atoms with Gasteiger partial charge in [-0.05, 0) is 18.2 Å². The summed E-state index contributed by atoms with van der Waals surface area (Å²) in [6.07, 6.45) is -5.13. The van der Waals surface area contributed by atoms with Gasteiger partial charge in [-0.15, -0.1) is 3.89 Å². The van der Waals surface area contributed by atoms with E-state index in [0.717, 1.165) is 0 Å². The summed E-state index contributed by atoms with van der Waals surface area (Å²) < 4.78 is 82.0. The molecule has 0 saturated carbocycles. The molecule has 0 N–H and O–H groups in total. The van der Waals surface area contributed by atoms with Crippen molar-refractivity contribution in [2.24, 2.45) is 0 Å². The normalized spacial score (nSPS) is 12.9. The number of halogens is 5. The van der Waals surface area contributed by atoms with Crippen molar-refractivity contribution >= 4 is 10.2 Å². The molecule has 0 spiro atoms. The summed E-state index contributed by atoms with van der Waals surface area (Å²) in [6.45, 7) is 0. The Balaban J connectivity index is 3.55. The predicted octanol–water partition coefficient (Wildman–Crippen LogP) is 2.50. The van der Waals surface area contributed by atoms with Crippen molar-refractivity contribution in [2.45, 2.75) is 11.1 Å². The average Bonchev–Trinajstić information content (AvgIpc) is 2.00. The minimum atomic E-state index is -5.52. The predicted molar refractivity (Wildman–Crippen MR) is 39.7 cm³/mol. The van der Waals surface area contributed by atoms with Gasteiger partial charge in [-0.25, -0.2) is 4.39 Å². The fourth-order valence-electron chi connectivity index (χ4n) is 0.936. The maximum absolute atomic E-state index is 12.4. The Hall–Kier alpha value is -1.18. The molecule has 84 valence electrons. The van der Waals surface area contributed by atoms with Crippen LogP contribution in [0.5, 0.6) is 0 Å². The monoisotopic (exact) mass is 246 g/mol. The molecule has 0 aromatic heterocycles. The van der Waals surface area contributed by atoms with Crippen LogP contribution in [0.2, 0.25) is 0 Å². The summed E-state index contributed by atoms with van der Waals surface area (Å²) in [7, 11) is -5.52. The van der Waals surface area contributed by atoms with Gasteiger partial charge in [-0.3, -0.25) is 0 Å². The number of benzene rings is 1. The summed E-state index contributed by atoms with van der Waals surface area (Å²) in [6, 6.07) is 0.585. The lowest BCUT2D eigenvalue weighted by Crippen LogP contribution is -2.11. The minimum absolute atomic E-state index is 0.0769. The third-order valence-corrected chi connectivity index (χ3v) is 2.39. The summed E-state index contributed by atoms with van der Waals surface area (Å²) in [5, 5.41) is 0. The second kappa shape index (κ2) is 3.44. The second-order valence-corrected chi connectivity index (χ2v) is 3.89. The van der Waals surface area contributed by atoms with Crippen LogP contribution in [0.1, 0.15) is 5.56 Å². The summed E-state index contributed by atoms with van der Waals surface area (Å²) in [4.78, 5) is -1.59. The van der Waals surface area contributed by atoms with Gasteiger partial charge in [0.05, 0.1) is 5.56 Å². The quantitative estimate of drug-likeness (QED) is 0.563.